The molecule has 0 aliphatic carbocycles. The van der Waals surface area contributed by atoms with Crippen molar-refractivity contribution in [3.8, 4) is 5.82 Å². The van der Waals surface area contributed by atoms with Crippen molar-refractivity contribution in [2.75, 3.05) is 19.6 Å². The normalized spacial score (nSPS) is 16.6. The monoisotopic (exact) mass is 446 g/mol. The first kappa shape index (κ1) is 21.4. The van der Waals surface area contributed by atoms with Crippen molar-refractivity contribution >= 4 is 11.8 Å². The van der Waals surface area contributed by atoms with Crippen molar-refractivity contribution in [1.29, 1.82) is 0 Å². The Morgan fingerprint density at radius 3 is 2.85 bits per heavy atom. The highest BCUT2D eigenvalue weighted by Gasteiger charge is 2.25. The van der Waals surface area contributed by atoms with Crippen molar-refractivity contribution in [2.24, 2.45) is 5.92 Å². The predicted molar refractivity (Wildman–Crippen MR) is 119 cm³/mol. The van der Waals surface area contributed by atoms with Gasteiger partial charge in [-0.1, -0.05) is 6.07 Å². The second-order valence-corrected chi connectivity index (χ2v) is 8.77. The van der Waals surface area contributed by atoms with Gasteiger partial charge < -0.3 is 9.64 Å². The smallest absolute Gasteiger partial charge is 0.338 e. The number of piperidine rings is 1. The van der Waals surface area contributed by atoms with Gasteiger partial charge in [-0.15, -0.1) is 5.10 Å². The van der Waals surface area contributed by atoms with E-state index >= 15 is 0 Å². The Bertz CT molecular complexity index is 1170. The lowest BCUT2D eigenvalue weighted by Crippen LogP contribution is -2.35. The third-order valence-corrected chi connectivity index (χ3v) is 6.81. The van der Waals surface area contributed by atoms with Crippen molar-refractivity contribution in [2.45, 2.75) is 39.2 Å². The van der Waals surface area contributed by atoms with Gasteiger partial charge in [0.25, 0.3) is 0 Å². The van der Waals surface area contributed by atoms with Gasteiger partial charge >= 0.3 is 5.97 Å². The number of esters is 1. The van der Waals surface area contributed by atoms with E-state index in [9.17, 15) is 9.59 Å². The Hall–Kier alpha value is -3.46. The second kappa shape index (κ2) is 9.19. The summed E-state index contributed by atoms with van der Waals surface area (Å²) in [7, 11) is 0. The quantitative estimate of drug-likeness (QED) is 0.403. The molecule has 1 aromatic carbocycles. The molecule has 0 unspecified atom stereocenters. The summed E-state index contributed by atoms with van der Waals surface area (Å²) in [5.74, 6) is 0.854. The van der Waals surface area contributed by atoms with Gasteiger partial charge in [-0.3, -0.25) is 4.79 Å². The number of nitrogens with zero attached hydrogens (tertiary/aromatic N) is 6. The molecule has 0 amide bonds. The fourth-order valence-electron chi connectivity index (χ4n) is 4.73. The van der Waals surface area contributed by atoms with Crippen LogP contribution in [0.15, 0.2) is 36.8 Å². The molecule has 170 valence electrons. The number of likely N-dealkylation sites (tertiary alicyclic amines) is 1. The summed E-state index contributed by atoms with van der Waals surface area (Å²) in [5.41, 5.74) is 4.85. The van der Waals surface area contributed by atoms with E-state index in [1.54, 1.807) is 18.3 Å². The summed E-state index contributed by atoms with van der Waals surface area (Å²) >= 11 is 0. The summed E-state index contributed by atoms with van der Waals surface area (Å²) in [4.78, 5) is 31.3. The molecule has 2 aliphatic rings. The average Bonchev–Trinajstić information content (AvgIpc) is 3.51. The Kier molecular flexibility index (Phi) is 5.95. The van der Waals surface area contributed by atoms with Crippen LogP contribution in [0.1, 0.15) is 56.7 Å². The standard InChI is InChI=1S/C24H26N6O3/c1-16-18(2-3-20-21(16)14-33-24(20)32)7-11-29-9-5-17(6-10-29)12-22(31)19-4-8-25-23(13-19)30-15-26-27-28-30/h2-4,8,13,15,17H,5-7,9-12,14H2,1H3. The first-order chi connectivity index (χ1) is 16.1. The zero-order valence-electron chi connectivity index (χ0n) is 18.6. The zero-order valence-corrected chi connectivity index (χ0v) is 18.6. The molecule has 9 heteroatoms. The van der Waals surface area contributed by atoms with E-state index < -0.39 is 0 Å². The molecular weight excluding hydrogens is 420 g/mol. The van der Waals surface area contributed by atoms with Gasteiger partial charge in [-0.25, -0.2) is 9.78 Å². The zero-order chi connectivity index (χ0) is 22.8. The van der Waals surface area contributed by atoms with Gasteiger partial charge in [0, 0.05) is 30.3 Å². The van der Waals surface area contributed by atoms with Crippen molar-refractivity contribution in [3.63, 3.8) is 0 Å². The van der Waals surface area contributed by atoms with Crippen LogP contribution in [0.4, 0.5) is 0 Å². The molecule has 4 heterocycles. The van der Waals surface area contributed by atoms with E-state index in [0.29, 0.717) is 35.9 Å². The molecule has 0 atom stereocenters. The maximum absolute atomic E-state index is 12.8. The topological polar surface area (TPSA) is 103 Å². The first-order valence-electron chi connectivity index (χ1n) is 11.3. The van der Waals surface area contributed by atoms with Crippen molar-refractivity contribution < 1.29 is 14.3 Å². The second-order valence-electron chi connectivity index (χ2n) is 8.77. The molecule has 3 aromatic rings. The highest BCUT2D eigenvalue weighted by atomic mass is 16.5. The number of carbonyl (C=O) groups excluding carboxylic acids is 2. The van der Waals surface area contributed by atoms with E-state index in [-0.39, 0.29) is 11.8 Å². The molecule has 0 radical (unpaired) electrons. The fourth-order valence-corrected chi connectivity index (χ4v) is 4.73. The van der Waals surface area contributed by atoms with Crippen LogP contribution < -0.4 is 0 Å². The summed E-state index contributed by atoms with van der Waals surface area (Å²) in [5, 5.41) is 11.1. The van der Waals surface area contributed by atoms with E-state index in [1.165, 1.54) is 22.1 Å². The number of cyclic esters (lactones) is 1. The molecular formula is C24H26N6O3. The number of carbonyl (C=O) groups is 2. The molecule has 9 nitrogen and oxygen atoms in total. The molecule has 5 rings (SSSR count). The van der Waals surface area contributed by atoms with Crippen LogP contribution in [0.3, 0.4) is 0 Å². The minimum Gasteiger partial charge on any atom is -0.457 e. The Morgan fingerprint density at radius 1 is 1.21 bits per heavy atom. The number of Topliss-reactive ketones (excluding diaryl/α,β-unsaturated/α-hetero) is 1. The van der Waals surface area contributed by atoms with E-state index in [1.807, 2.05) is 6.07 Å². The molecule has 33 heavy (non-hydrogen) atoms. The highest BCUT2D eigenvalue weighted by molar-refractivity contribution is 5.96. The SMILES string of the molecule is Cc1c(CCN2CCC(CC(=O)c3ccnc(-n4cnnn4)c3)CC2)ccc2c1COC2=O. The summed E-state index contributed by atoms with van der Waals surface area (Å²) in [6.45, 7) is 5.44. The molecule has 1 fully saturated rings. The lowest BCUT2D eigenvalue weighted by molar-refractivity contribution is 0.0534. The van der Waals surface area contributed by atoms with E-state index in [4.69, 9.17) is 4.74 Å². The van der Waals surface area contributed by atoms with Crippen LogP contribution in [-0.2, 0) is 17.8 Å². The molecule has 0 bridgehead atoms. The number of ketones is 1. The van der Waals surface area contributed by atoms with Crippen molar-refractivity contribution in [3.05, 3.63) is 64.6 Å². The molecule has 1 saturated heterocycles. The van der Waals surface area contributed by atoms with Gasteiger partial charge in [0.15, 0.2) is 11.6 Å². The minimum atomic E-state index is -0.213. The summed E-state index contributed by atoms with van der Waals surface area (Å²) < 4.78 is 6.61. The predicted octanol–water partition coefficient (Wildman–Crippen LogP) is 2.56. The van der Waals surface area contributed by atoms with Crippen LogP contribution in [-0.4, -0.2) is 61.5 Å². The van der Waals surface area contributed by atoms with Gasteiger partial charge in [-0.2, -0.15) is 4.68 Å². The maximum atomic E-state index is 12.8. The summed E-state index contributed by atoms with van der Waals surface area (Å²) in [6.07, 6.45) is 6.61. The number of pyridine rings is 1. The van der Waals surface area contributed by atoms with Crippen molar-refractivity contribution in [1.82, 2.24) is 30.1 Å². The number of aromatic nitrogens is 5. The minimum absolute atomic E-state index is 0.135. The number of tetrazole rings is 1. The Balaban J connectivity index is 1.12. The molecule has 0 N–H and O–H groups in total. The van der Waals surface area contributed by atoms with Crippen LogP contribution in [0.25, 0.3) is 5.82 Å². The van der Waals surface area contributed by atoms with Gasteiger partial charge in [0.2, 0.25) is 0 Å². The van der Waals surface area contributed by atoms with E-state index in [0.717, 1.165) is 44.5 Å². The molecule has 2 aliphatic heterocycles. The first-order valence-corrected chi connectivity index (χ1v) is 11.3. The third kappa shape index (κ3) is 4.54. The van der Waals surface area contributed by atoms with Crippen LogP contribution in [0.2, 0.25) is 0 Å². The van der Waals surface area contributed by atoms with Gasteiger partial charge in [0.1, 0.15) is 12.9 Å². The number of rotatable bonds is 7. The molecule has 0 spiro atoms. The largest absolute Gasteiger partial charge is 0.457 e. The Labute approximate surface area is 191 Å². The number of benzene rings is 1. The van der Waals surface area contributed by atoms with Gasteiger partial charge in [0.05, 0.1) is 5.56 Å². The average molecular weight is 447 g/mol. The lowest BCUT2D eigenvalue weighted by Gasteiger charge is -2.31. The van der Waals surface area contributed by atoms with Gasteiger partial charge in [-0.05, 0) is 84.9 Å². The number of hydrogen-bond acceptors (Lipinski definition) is 8. The summed E-state index contributed by atoms with van der Waals surface area (Å²) in [6, 6.07) is 7.45. The van der Waals surface area contributed by atoms with Crippen LogP contribution >= 0.6 is 0 Å². The van der Waals surface area contributed by atoms with E-state index in [2.05, 4.69) is 38.4 Å². The van der Waals surface area contributed by atoms with Crippen LogP contribution in [0, 0.1) is 12.8 Å². The molecule has 2 aromatic heterocycles. The highest BCUT2D eigenvalue weighted by Crippen LogP contribution is 2.27. The fraction of sp³-hybridized carbons (Fsp3) is 0.417. The lowest BCUT2D eigenvalue weighted by atomic mass is 9.89. The number of ether oxygens (including phenoxy) is 1. The Morgan fingerprint density at radius 2 is 2.06 bits per heavy atom. The number of hydrogen-bond donors (Lipinski definition) is 0. The molecule has 0 saturated carbocycles. The number of fused-ring (bicyclic) bond motifs is 1. The van der Waals surface area contributed by atoms with Crippen LogP contribution in [0.5, 0.6) is 0 Å². The maximum Gasteiger partial charge on any atom is 0.338 e. The third-order valence-electron chi connectivity index (χ3n) is 6.81.